The van der Waals surface area contributed by atoms with Gasteiger partial charge >= 0.3 is 0 Å². The van der Waals surface area contributed by atoms with Crippen LogP contribution < -0.4 is 0 Å². The van der Waals surface area contributed by atoms with Crippen LogP contribution in [0.1, 0.15) is 79.1 Å². The van der Waals surface area contributed by atoms with Crippen LogP contribution in [0.15, 0.2) is 0 Å². The lowest BCUT2D eigenvalue weighted by Crippen LogP contribution is -1.97. The van der Waals surface area contributed by atoms with Gasteiger partial charge in [0.2, 0.25) is 0 Å². The normalized spacial score (nSPS) is 15.4. The van der Waals surface area contributed by atoms with Crippen LogP contribution in [-0.4, -0.2) is 0 Å². The highest BCUT2D eigenvalue weighted by Crippen LogP contribution is 2.18. The van der Waals surface area contributed by atoms with E-state index >= 15 is 0 Å². The summed E-state index contributed by atoms with van der Waals surface area (Å²) in [5.41, 5.74) is 0. The molecule has 14 heavy (non-hydrogen) atoms. The van der Waals surface area contributed by atoms with Crippen LogP contribution >= 0.6 is 0 Å². The van der Waals surface area contributed by atoms with Gasteiger partial charge in [-0.25, -0.2) is 0 Å². The Kier molecular flexibility index (Phi) is 9.55. The summed E-state index contributed by atoms with van der Waals surface area (Å²) in [6.45, 7) is 9.39. The first-order valence-corrected chi connectivity index (χ1v) is 6.70. The summed E-state index contributed by atoms with van der Waals surface area (Å²) in [5.74, 6) is 1.92. The van der Waals surface area contributed by atoms with Crippen molar-refractivity contribution in [3.8, 4) is 0 Å². The Bertz CT molecular complexity index is 92.6. The molecule has 0 bridgehead atoms. The van der Waals surface area contributed by atoms with Gasteiger partial charge in [-0.1, -0.05) is 79.1 Å². The molecule has 0 aliphatic heterocycles. The molecule has 0 aromatic carbocycles. The van der Waals surface area contributed by atoms with Crippen LogP contribution in [0.5, 0.6) is 0 Å². The second-order valence-corrected chi connectivity index (χ2v) is 5.07. The van der Waals surface area contributed by atoms with Crippen molar-refractivity contribution < 1.29 is 0 Å². The van der Waals surface area contributed by atoms with E-state index in [0.29, 0.717) is 0 Å². The van der Waals surface area contributed by atoms with E-state index in [1.165, 1.54) is 51.4 Å². The zero-order valence-corrected chi connectivity index (χ0v) is 10.8. The van der Waals surface area contributed by atoms with E-state index in [1.807, 2.05) is 0 Å². The first-order valence-electron chi connectivity index (χ1n) is 6.70. The molecule has 0 aliphatic carbocycles. The third-order valence-corrected chi connectivity index (χ3v) is 3.21. The third kappa shape index (κ3) is 8.59. The van der Waals surface area contributed by atoms with E-state index in [9.17, 15) is 0 Å². The highest BCUT2D eigenvalue weighted by Gasteiger charge is 2.02. The first-order chi connectivity index (χ1) is 6.70. The van der Waals surface area contributed by atoms with E-state index in [0.717, 1.165) is 11.8 Å². The molecule has 0 aliphatic rings. The minimum atomic E-state index is 0.960. The molecular weight excluding hydrogens is 168 g/mol. The van der Waals surface area contributed by atoms with Crippen molar-refractivity contribution >= 4 is 0 Å². The van der Waals surface area contributed by atoms with Gasteiger partial charge in [-0.15, -0.1) is 0 Å². The summed E-state index contributed by atoms with van der Waals surface area (Å²) in [4.78, 5) is 0. The average molecular weight is 198 g/mol. The lowest BCUT2D eigenvalue weighted by atomic mass is 9.95. The van der Waals surface area contributed by atoms with Crippen molar-refractivity contribution in [1.82, 2.24) is 0 Å². The number of hydrogen-bond acceptors (Lipinski definition) is 0. The molecule has 0 radical (unpaired) electrons. The molecule has 0 spiro atoms. The molecule has 0 heterocycles. The Morgan fingerprint density at radius 3 is 1.29 bits per heavy atom. The fourth-order valence-corrected chi connectivity index (χ4v) is 2.26. The summed E-state index contributed by atoms with van der Waals surface area (Å²) in [6.07, 6.45) is 11.4. The van der Waals surface area contributed by atoms with Gasteiger partial charge in [0.15, 0.2) is 0 Å². The molecule has 0 heteroatoms. The van der Waals surface area contributed by atoms with Gasteiger partial charge in [0.25, 0.3) is 0 Å². The SMILES string of the molecule is CCCC(C)CCCCC(C)CCC. The van der Waals surface area contributed by atoms with Crippen molar-refractivity contribution in [1.29, 1.82) is 0 Å². The maximum absolute atomic E-state index is 2.40. The Morgan fingerprint density at radius 1 is 0.643 bits per heavy atom. The fourth-order valence-electron chi connectivity index (χ4n) is 2.26. The van der Waals surface area contributed by atoms with Crippen molar-refractivity contribution in [2.24, 2.45) is 11.8 Å². The fraction of sp³-hybridized carbons (Fsp3) is 1.00. The predicted molar refractivity (Wildman–Crippen MR) is 66.6 cm³/mol. The van der Waals surface area contributed by atoms with Gasteiger partial charge in [0.05, 0.1) is 0 Å². The maximum atomic E-state index is 2.40. The van der Waals surface area contributed by atoms with Gasteiger partial charge in [-0.05, 0) is 11.8 Å². The Hall–Kier alpha value is 0. The van der Waals surface area contributed by atoms with E-state index < -0.39 is 0 Å². The summed E-state index contributed by atoms with van der Waals surface area (Å²) in [5, 5.41) is 0. The smallest absolute Gasteiger partial charge is 0.0443 e. The van der Waals surface area contributed by atoms with E-state index in [1.54, 1.807) is 0 Å². The summed E-state index contributed by atoms with van der Waals surface area (Å²) in [6, 6.07) is 0. The molecule has 0 nitrogen and oxygen atoms in total. The van der Waals surface area contributed by atoms with E-state index in [-0.39, 0.29) is 0 Å². The van der Waals surface area contributed by atoms with Gasteiger partial charge in [-0.2, -0.15) is 0 Å². The molecule has 0 N–H and O–H groups in total. The Labute approximate surface area is 91.5 Å². The molecule has 0 saturated heterocycles. The summed E-state index contributed by atoms with van der Waals surface area (Å²) >= 11 is 0. The monoisotopic (exact) mass is 198 g/mol. The summed E-state index contributed by atoms with van der Waals surface area (Å²) < 4.78 is 0. The topological polar surface area (TPSA) is 0 Å². The van der Waals surface area contributed by atoms with Crippen LogP contribution in [-0.2, 0) is 0 Å². The molecule has 0 fully saturated rings. The third-order valence-electron chi connectivity index (χ3n) is 3.21. The lowest BCUT2D eigenvalue weighted by molar-refractivity contribution is 0.417. The van der Waals surface area contributed by atoms with Crippen LogP contribution in [0.25, 0.3) is 0 Å². The predicted octanol–water partition coefficient (Wildman–Crippen LogP) is 5.42. The number of rotatable bonds is 9. The molecular formula is C14H30. The number of hydrogen-bond donors (Lipinski definition) is 0. The van der Waals surface area contributed by atoms with Crippen molar-refractivity contribution in [2.45, 2.75) is 79.1 Å². The maximum Gasteiger partial charge on any atom is -0.0443 e. The highest BCUT2D eigenvalue weighted by molar-refractivity contribution is 4.56. The molecule has 2 atom stereocenters. The Balaban J connectivity index is 3.19. The Morgan fingerprint density at radius 2 is 1.00 bits per heavy atom. The minimum absolute atomic E-state index is 0.960. The van der Waals surface area contributed by atoms with Crippen LogP contribution in [0, 0.1) is 11.8 Å². The largest absolute Gasteiger partial charge is 0.0654 e. The van der Waals surface area contributed by atoms with Crippen LogP contribution in [0.2, 0.25) is 0 Å². The van der Waals surface area contributed by atoms with E-state index in [2.05, 4.69) is 27.7 Å². The van der Waals surface area contributed by atoms with Crippen molar-refractivity contribution in [3.05, 3.63) is 0 Å². The molecule has 0 aromatic rings. The molecule has 0 amide bonds. The highest BCUT2D eigenvalue weighted by atomic mass is 14.1. The number of unbranched alkanes of at least 4 members (excludes halogenated alkanes) is 1. The summed E-state index contributed by atoms with van der Waals surface area (Å²) in [7, 11) is 0. The van der Waals surface area contributed by atoms with Crippen LogP contribution in [0.4, 0.5) is 0 Å². The second-order valence-electron chi connectivity index (χ2n) is 5.07. The zero-order chi connectivity index (χ0) is 10.8. The molecule has 0 aromatic heterocycles. The average Bonchev–Trinajstić information content (AvgIpc) is 2.13. The quantitative estimate of drug-likeness (QED) is 0.434. The molecule has 0 rings (SSSR count). The second kappa shape index (κ2) is 9.55. The first kappa shape index (κ1) is 14.0. The lowest BCUT2D eigenvalue weighted by Gasteiger charge is -2.12. The molecule has 86 valence electrons. The van der Waals surface area contributed by atoms with Gasteiger partial charge < -0.3 is 0 Å². The molecule has 2 unspecified atom stereocenters. The van der Waals surface area contributed by atoms with Gasteiger partial charge in [0.1, 0.15) is 0 Å². The van der Waals surface area contributed by atoms with E-state index in [4.69, 9.17) is 0 Å². The minimum Gasteiger partial charge on any atom is -0.0654 e. The molecule has 0 saturated carbocycles. The van der Waals surface area contributed by atoms with Crippen LogP contribution in [0.3, 0.4) is 0 Å². The van der Waals surface area contributed by atoms with Crippen molar-refractivity contribution in [2.75, 3.05) is 0 Å². The van der Waals surface area contributed by atoms with Gasteiger partial charge in [-0.3, -0.25) is 0 Å². The standard InChI is InChI=1S/C14H30/c1-5-9-13(3)11-7-8-12-14(4)10-6-2/h13-14H,5-12H2,1-4H3. The van der Waals surface area contributed by atoms with Crippen molar-refractivity contribution in [3.63, 3.8) is 0 Å². The van der Waals surface area contributed by atoms with Gasteiger partial charge in [0, 0.05) is 0 Å². The zero-order valence-electron chi connectivity index (χ0n) is 10.8.